The Morgan fingerprint density at radius 1 is 1.02 bits per heavy atom. The number of piperazine rings is 1. The van der Waals surface area contributed by atoms with E-state index in [0.29, 0.717) is 55.7 Å². The first kappa shape index (κ1) is 29.0. The number of aldehydes is 1. The Balaban J connectivity index is 1.40. The molecule has 0 aliphatic carbocycles. The van der Waals surface area contributed by atoms with E-state index in [1.165, 1.54) is 6.07 Å². The van der Waals surface area contributed by atoms with E-state index in [2.05, 4.69) is 10.2 Å². The van der Waals surface area contributed by atoms with Gasteiger partial charge < -0.3 is 15.0 Å². The van der Waals surface area contributed by atoms with Gasteiger partial charge >= 0.3 is 6.09 Å². The first-order valence-electron chi connectivity index (χ1n) is 13.5. The summed E-state index contributed by atoms with van der Waals surface area (Å²) in [6.45, 7) is 10.0. The van der Waals surface area contributed by atoms with Crippen LogP contribution in [0.2, 0.25) is 0 Å². The second-order valence-electron chi connectivity index (χ2n) is 11.2. The topological polar surface area (TPSA) is 79.0 Å². The molecule has 4 rings (SSSR count). The number of benzene rings is 3. The first-order valence-corrected chi connectivity index (χ1v) is 13.5. The molecule has 1 aliphatic heterocycles. The van der Waals surface area contributed by atoms with Crippen molar-refractivity contribution in [1.29, 1.82) is 0 Å². The summed E-state index contributed by atoms with van der Waals surface area (Å²) in [5.41, 5.74) is 3.59. The molecule has 40 heavy (non-hydrogen) atoms. The van der Waals surface area contributed by atoms with Gasteiger partial charge in [-0.15, -0.1) is 0 Å². The van der Waals surface area contributed by atoms with E-state index >= 15 is 0 Å². The van der Waals surface area contributed by atoms with E-state index < -0.39 is 5.60 Å². The molecule has 0 saturated carbocycles. The molecule has 0 spiro atoms. The molecule has 8 heteroatoms. The van der Waals surface area contributed by atoms with Crippen LogP contribution in [-0.2, 0) is 17.8 Å². The van der Waals surface area contributed by atoms with Crippen molar-refractivity contribution < 1.29 is 23.5 Å². The largest absolute Gasteiger partial charge is 0.444 e. The molecule has 1 aliphatic rings. The van der Waals surface area contributed by atoms with Crippen molar-refractivity contribution in [3.63, 3.8) is 0 Å². The Hall–Kier alpha value is -4.04. The van der Waals surface area contributed by atoms with Gasteiger partial charge in [-0.2, -0.15) is 0 Å². The van der Waals surface area contributed by atoms with Crippen LogP contribution >= 0.6 is 0 Å². The Kier molecular flexibility index (Phi) is 9.00. The van der Waals surface area contributed by atoms with Crippen molar-refractivity contribution in [2.24, 2.45) is 0 Å². The molecule has 0 aromatic heterocycles. The fourth-order valence-corrected chi connectivity index (χ4v) is 4.78. The number of hydrogen-bond donors (Lipinski definition) is 1. The lowest BCUT2D eigenvalue weighted by Gasteiger charge is -2.40. The molecule has 1 N–H and O–H groups in total. The second kappa shape index (κ2) is 12.4. The number of carbonyl (C=O) groups is 3. The minimum Gasteiger partial charge on any atom is -0.444 e. The van der Waals surface area contributed by atoms with Crippen LogP contribution in [0.5, 0.6) is 0 Å². The predicted octanol–water partition coefficient (Wildman–Crippen LogP) is 5.68. The van der Waals surface area contributed by atoms with Crippen molar-refractivity contribution >= 4 is 18.3 Å². The highest BCUT2D eigenvalue weighted by atomic mass is 19.1. The van der Waals surface area contributed by atoms with Crippen LogP contribution in [0.15, 0.2) is 66.7 Å². The van der Waals surface area contributed by atoms with Gasteiger partial charge in [-0.05, 0) is 74.7 Å². The van der Waals surface area contributed by atoms with Crippen LogP contribution in [0.3, 0.4) is 0 Å². The summed E-state index contributed by atoms with van der Waals surface area (Å²) in [6, 6.07) is 19.3. The van der Waals surface area contributed by atoms with Crippen LogP contribution in [0.4, 0.5) is 9.18 Å². The number of ether oxygens (including phenoxy) is 1. The van der Waals surface area contributed by atoms with Crippen molar-refractivity contribution in [1.82, 2.24) is 15.1 Å². The molecule has 1 fully saturated rings. The number of nitrogens with zero attached hydrogens (tertiary/aromatic N) is 2. The van der Waals surface area contributed by atoms with Gasteiger partial charge in [-0.3, -0.25) is 14.5 Å². The third kappa shape index (κ3) is 7.54. The van der Waals surface area contributed by atoms with E-state index in [9.17, 15) is 18.8 Å². The highest BCUT2D eigenvalue weighted by Crippen LogP contribution is 2.25. The molecular weight excluding hydrogens is 509 g/mol. The van der Waals surface area contributed by atoms with Gasteiger partial charge in [-0.25, -0.2) is 9.18 Å². The molecule has 3 aromatic carbocycles. The number of hydrogen-bond acceptors (Lipinski definition) is 5. The lowest BCUT2D eigenvalue weighted by atomic mass is 10.00. The zero-order chi connectivity index (χ0) is 28.9. The summed E-state index contributed by atoms with van der Waals surface area (Å²) in [6.07, 6.45) is 0.389. The SMILES string of the molecule is CC1CN(Cc2cc(-c3cccc(CNC(=O)c4cccc(C=O)c4)c3)ccc2F)CCN1C(=O)OC(C)(C)C. The van der Waals surface area contributed by atoms with Gasteiger partial charge in [0, 0.05) is 55.5 Å². The summed E-state index contributed by atoms with van der Waals surface area (Å²) in [4.78, 5) is 40.0. The van der Waals surface area contributed by atoms with Crippen LogP contribution in [0.1, 0.15) is 59.5 Å². The average Bonchev–Trinajstić information content (AvgIpc) is 2.92. The molecule has 7 nitrogen and oxygen atoms in total. The molecule has 3 aromatic rings. The maximum Gasteiger partial charge on any atom is 0.410 e. The second-order valence-corrected chi connectivity index (χ2v) is 11.2. The summed E-state index contributed by atoms with van der Waals surface area (Å²) >= 11 is 0. The highest BCUT2D eigenvalue weighted by Gasteiger charge is 2.31. The third-order valence-corrected chi connectivity index (χ3v) is 6.78. The molecule has 0 bridgehead atoms. The molecule has 1 unspecified atom stereocenters. The first-order chi connectivity index (χ1) is 19.0. The van der Waals surface area contributed by atoms with E-state index in [1.807, 2.05) is 58.0 Å². The third-order valence-electron chi connectivity index (χ3n) is 6.78. The van der Waals surface area contributed by atoms with Gasteiger partial charge in [0.1, 0.15) is 17.7 Å². The fraction of sp³-hybridized carbons (Fsp3) is 0.344. The van der Waals surface area contributed by atoms with Crippen LogP contribution in [0, 0.1) is 5.82 Å². The number of rotatable bonds is 7. The maximum atomic E-state index is 14.9. The monoisotopic (exact) mass is 545 g/mol. The zero-order valence-corrected chi connectivity index (χ0v) is 23.4. The fourth-order valence-electron chi connectivity index (χ4n) is 4.78. The summed E-state index contributed by atoms with van der Waals surface area (Å²) in [5.74, 6) is -0.536. The molecule has 2 amide bonds. The van der Waals surface area contributed by atoms with E-state index in [0.717, 1.165) is 16.7 Å². The zero-order valence-electron chi connectivity index (χ0n) is 23.4. The lowest BCUT2D eigenvalue weighted by Crippen LogP contribution is -2.54. The summed E-state index contributed by atoms with van der Waals surface area (Å²) in [7, 11) is 0. The van der Waals surface area contributed by atoms with Crippen molar-refractivity contribution in [3.8, 4) is 11.1 Å². The van der Waals surface area contributed by atoms with E-state index in [1.54, 1.807) is 35.2 Å². The van der Waals surface area contributed by atoms with Crippen molar-refractivity contribution in [3.05, 3.63) is 94.8 Å². The van der Waals surface area contributed by atoms with Crippen LogP contribution in [0.25, 0.3) is 11.1 Å². The Bertz CT molecular complexity index is 1380. The number of nitrogens with one attached hydrogen (secondary N) is 1. The number of halogens is 1. The smallest absolute Gasteiger partial charge is 0.410 e. The number of carbonyl (C=O) groups excluding carboxylic acids is 3. The van der Waals surface area contributed by atoms with Gasteiger partial charge in [0.2, 0.25) is 0 Å². The summed E-state index contributed by atoms with van der Waals surface area (Å²) < 4.78 is 20.4. The van der Waals surface area contributed by atoms with Crippen molar-refractivity contribution in [2.75, 3.05) is 19.6 Å². The average molecular weight is 546 g/mol. The van der Waals surface area contributed by atoms with E-state index in [-0.39, 0.29) is 23.9 Å². The van der Waals surface area contributed by atoms with Crippen LogP contribution in [-0.4, -0.2) is 59.4 Å². The Labute approximate surface area is 234 Å². The predicted molar refractivity (Wildman–Crippen MR) is 153 cm³/mol. The van der Waals surface area contributed by atoms with E-state index in [4.69, 9.17) is 4.74 Å². The molecule has 210 valence electrons. The Morgan fingerprint density at radius 2 is 1.77 bits per heavy atom. The van der Waals surface area contributed by atoms with Gasteiger partial charge in [0.05, 0.1) is 0 Å². The molecule has 1 atom stereocenters. The van der Waals surface area contributed by atoms with Gasteiger partial charge in [0.15, 0.2) is 0 Å². The highest BCUT2D eigenvalue weighted by molar-refractivity contribution is 5.95. The number of amides is 2. The van der Waals surface area contributed by atoms with Gasteiger partial charge in [0.25, 0.3) is 5.91 Å². The molecular formula is C32H36FN3O4. The Morgan fingerprint density at radius 3 is 2.50 bits per heavy atom. The van der Waals surface area contributed by atoms with Crippen LogP contribution < -0.4 is 5.32 Å². The van der Waals surface area contributed by atoms with Crippen molar-refractivity contribution in [2.45, 2.75) is 52.4 Å². The molecule has 0 radical (unpaired) electrons. The minimum absolute atomic E-state index is 0.0531. The maximum absolute atomic E-state index is 14.9. The minimum atomic E-state index is -0.552. The normalized spacial score (nSPS) is 15.9. The quantitative estimate of drug-likeness (QED) is 0.387. The summed E-state index contributed by atoms with van der Waals surface area (Å²) in [5, 5.41) is 2.89. The lowest BCUT2D eigenvalue weighted by molar-refractivity contribution is 0.000426. The standard InChI is InChI=1S/C32H36FN3O4/c1-22-19-35(13-14-36(22)31(39)40-32(2,3)4)20-28-17-26(11-12-29(28)33)25-9-5-7-23(15-25)18-34-30(38)27-10-6-8-24(16-27)21-37/h5-12,15-17,21-22H,13-14,18-20H2,1-4H3,(H,34,38). The molecule has 1 heterocycles. The molecule has 1 saturated heterocycles. The van der Waals surface area contributed by atoms with Gasteiger partial charge in [-0.1, -0.05) is 36.4 Å².